The first-order valence-corrected chi connectivity index (χ1v) is 8.71. The topological polar surface area (TPSA) is 87.5 Å². The third kappa shape index (κ3) is 3.03. The predicted molar refractivity (Wildman–Crippen MR) is 105 cm³/mol. The molecule has 6 nitrogen and oxygen atoms in total. The summed E-state index contributed by atoms with van der Waals surface area (Å²) in [6.07, 6.45) is 0. The summed E-state index contributed by atoms with van der Waals surface area (Å²) in [5, 5.41) is 27.8. The highest BCUT2D eigenvalue weighted by Gasteiger charge is 2.17. The molecular weight excluding hydrogens is 374 g/mol. The number of nitriles is 2. The maximum absolute atomic E-state index is 9.43. The van der Waals surface area contributed by atoms with Gasteiger partial charge in [0.1, 0.15) is 29.1 Å². The van der Waals surface area contributed by atoms with Crippen LogP contribution in [0.4, 0.5) is 0 Å². The Kier molecular flexibility index (Phi) is 4.41. The second kappa shape index (κ2) is 7.03. The van der Waals surface area contributed by atoms with Crippen molar-refractivity contribution in [1.29, 1.82) is 10.5 Å². The van der Waals surface area contributed by atoms with Crippen LogP contribution in [0.3, 0.4) is 0 Å². The van der Waals surface area contributed by atoms with Gasteiger partial charge >= 0.3 is 0 Å². The number of hydrogen-bond acceptors (Lipinski definition) is 5. The lowest BCUT2D eigenvalue weighted by atomic mass is 10.1. The van der Waals surface area contributed by atoms with Crippen molar-refractivity contribution in [3.8, 4) is 29.3 Å². The van der Waals surface area contributed by atoms with E-state index >= 15 is 0 Å². The zero-order chi connectivity index (χ0) is 19.7. The maximum Gasteiger partial charge on any atom is 0.154 e. The molecule has 0 aliphatic rings. The van der Waals surface area contributed by atoms with Crippen molar-refractivity contribution in [1.82, 2.24) is 15.0 Å². The minimum atomic E-state index is 0.219. The Balaban J connectivity index is 1.92. The highest BCUT2D eigenvalue weighted by Crippen LogP contribution is 2.33. The van der Waals surface area contributed by atoms with E-state index in [-0.39, 0.29) is 11.1 Å². The van der Waals surface area contributed by atoms with Gasteiger partial charge in [-0.05, 0) is 48.9 Å². The van der Waals surface area contributed by atoms with E-state index in [4.69, 9.17) is 16.3 Å². The molecule has 0 fully saturated rings. The molecule has 0 aliphatic carbocycles. The molecule has 1 aromatic heterocycles. The highest BCUT2D eigenvalue weighted by molar-refractivity contribution is 6.31. The average Bonchev–Trinajstić information content (AvgIpc) is 3.14. The number of rotatable bonds is 3. The van der Waals surface area contributed by atoms with Crippen LogP contribution >= 0.6 is 11.6 Å². The molecule has 0 aliphatic heterocycles. The number of ether oxygens (including phenoxy) is 1. The van der Waals surface area contributed by atoms with Gasteiger partial charge < -0.3 is 4.74 Å². The first-order chi connectivity index (χ1) is 13.6. The second-order valence-corrected chi connectivity index (χ2v) is 6.50. The fraction of sp³-hybridized carbons (Fsp3) is 0.0476. The van der Waals surface area contributed by atoms with E-state index in [0.29, 0.717) is 27.7 Å². The van der Waals surface area contributed by atoms with Crippen LogP contribution in [0.1, 0.15) is 16.7 Å². The van der Waals surface area contributed by atoms with Crippen LogP contribution in [0, 0.1) is 29.6 Å². The lowest BCUT2D eigenvalue weighted by Gasteiger charge is -2.13. The van der Waals surface area contributed by atoms with Crippen LogP contribution in [0.25, 0.3) is 16.7 Å². The van der Waals surface area contributed by atoms with Crippen molar-refractivity contribution in [3.63, 3.8) is 0 Å². The average molecular weight is 386 g/mol. The zero-order valence-electron chi connectivity index (χ0n) is 14.7. The number of fused-ring (bicyclic) bond motifs is 1. The van der Waals surface area contributed by atoms with Crippen molar-refractivity contribution in [2.45, 2.75) is 6.92 Å². The van der Waals surface area contributed by atoms with E-state index < -0.39 is 0 Å². The molecule has 0 saturated heterocycles. The van der Waals surface area contributed by atoms with Crippen molar-refractivity contribution in [2.75, 3.05) is 0 Å². The molecular formula is C21H12ClN5O. The predicted octanol–water partition coefficient (Wildman–Crippen LogP) is 4.92. The highest BCUT2D eigenvalue weighted by atomic mass is 35.5. The zero-order valence-corrected chi connectivity index (χ0v) is 15.5. The molecule has 0 N–H and O–H groups in total. The van der Waals surface area contributed by atoms with E-state index in [9.17, 15) is 10.5 Å². The van der Waals surface area contributed by atoms with Crippen molar-refractivity contribution in [3.05, 3.63) is 76.3 Å². The van der Waals surface area contributed by atoms with E-state index in [0.717, 1.165) is 11.1 Å². The standard InChI is InChI=1S/C21H12ClN5O/c1-13-8-16(6-7-17(13)22)28-21-10-15(12-24)14(11-23)9-20(21)27-19-5-3-2-4-18(19)25-26-27/h2-10H,1H3. The molecule has 0 amide bonds. The van der Waals surface area contributed by atoms with Gasteiger partial charge in [-0.1, -0.05) is 28.9 Å². The smallest absolute Gasteiger partial charge is 0.154 e. The Labute approximate surface area is 165 Å². The number of benzene rings is 3. The normalized spacial score (nSPS) is 10.4. The Morgan fingerprint density at radius 1 is 1.00 bits per heavy atom. The first-order valence-electron chi connectivity index (χ1n) is 8.34. The summed E-state index contributed by atoms with van der Waals surface area (Å²) >= 11 is 6.09. The second-order valence-electron chi connectivity index (χ2n) is 6.09. The summed E-state index contributed by atoms with van der Waals surface area (Å²) in [6, 6.07) is 19.9. The van der Waals surface area contributed by atoms with Gasteiger partial charge in [0.2, 0.25) is 0 Å². The molecule has 0 saturated carbocycles. The van der Waals surface area contributed by atoms with Gasteiger partial charge in [-0.15, -0.1) is 5.10 Å². The van der Waals surface area contributed by atoms with Crippen molar-refractivity contribution >= 4 is 22.6 Å². The Hall–Kier alpha value is -3.87. The van der Waals surface area contributed by atoms with Gasteiger partial charge in [-0.25, -0.2) is 4.68 Å². The van der Waals surface area contributed by atoms with Gasteiger partial charge in [0, 0.05) is 11.1 Å². The largest absolute Gasteiger partial charge is 0.455 e. The number of aromatic nitrogens is 3. The minimum absolute atomic E-state index is 0.219. The van der Waals surface area contributed by atoms with E-state index in [1.165, 1.54) is 6.07 Å². The fourth-order valence-corrected chi connectivity index (χ4v) is 2.97. The van der Waals surface area contributed by atoms with Gasteiger partial charge in [0.15, 0.2) is 5.75 Å². The fourth-order valence-electron chi connectivity index (χ4n) is 2.86. The Bertz CT molecular complexity index is 1300. The van der Waals surface area contributed by atoms with Gasteiger partial charge in [0.05, 0.1) is 16.6 Å². The first kappa shape index (κ1) is 17.5. The Morgan fingerprint density at radius 2 is 1.75 bits per heavy atom. The van der Waals surface area contributed by atoms with Crippen molar-refractivity contribution in [2.24, 2.45) is 0 Å². The summed E-state index contributed by atoms with van der Waals surface area (Å²) in [4.78, 5) is 0. The summed E-state index contributed by atoms with van der Waals surface area (Å²) in [5.41, 5.74) is 3.29. The van der Waals surface area contributed by atoms with Crippen LogP contribution in [-0.2, 0) is 0 Å². The number of aryl methyl sites for hydroxylation is 1. The third-order valence-corrected chi connectivity index (χ3v) is 4.70. The molecule has 7 heteroatoms. The van der Waals surface area contributed by atoms with Gasteiger partial charge in [-0.3, -0.25) is 0 Å². The molecule has 4 aromatic rings. The van der Waals surface area contributed by atoms with Crippen LogP contribution in [0.15, 0.2) is 54.6 Å². The number of para-hydroxylation sites is 1. The number of halogens is 1. The summed E-state index contributed by atoms with van der Waals surface area (Å²) < 4.78 is 7.64. The monoisotopic (exact) mass is 385 g/mol. The lowest BCUT2D eigenvalue weighted by Crippen LogP contribution is -2.02. The van der Waals surface area contributed by atoms with Gasteiger partial charge in [-0.2, -0.15) is 10.5 Å². The molecule has 0 radical (unpaired) electrons. The molecule has 0 unspecified atom stereocenters. The summed E-state index contributed by atoms with van der Waals surface area (Å²) in [7, 11) is 0. The third-order valence-electron chi connectivity index (χ3n) is 4.28. The number of nitrogens with zero attached hydrogens (tertiary/aromatic N) is 5. The molecule has 0 spiro atoms. The SMILES string of the molecule is Cc1cc(Oc2cc(C#N)c(C#N)cc2-n2nnc3ccccc32)ccc1Cl. The van der Waals surface area contributed by atoms with Crippen LogP contribution < -0.4 is 4.74 Å². The molecule has 4 rings (SSSR count). The summed E-state index contributed by atoms with van der Waals surface area (Å²) in [6.45, 7) is 1.88. The molecule has 3 aromatic carbocycles. The molecule has 1 heterocycles. The molecule has 134 valence electrons. The van der Waals surface area contributed by atoms with Crippen LogP contribution in [0.5, 0.6) is 11.5 Å². The van der Waals surface area contributed by atoms with Gasteiger partial charge in [0.25, 0.3) is 0 Å². The van der Waals surface area contributed by atoms with Crippen LogP contribution in [-0.4, -0.2) is 15.0 Å². The van der Waals surface area contributed by atoms with E-state index in [1.807, 2.05) is 43.3 Å². The molecule has 0 atom stereocenters. The lowest BCUT2D eigenvalue weighted by molar-refractivity contribution is 0.477. The van der Waals surface area contributed by atoms with Crippen molar-refractivity contribution < 1.29 is 4.74 Å². The summed E-state index contributed by atoms with van der Waals surface area (Å²) in [5.74, 6) is 0.939. The van der Waals surface area contributed by atoms with Crippen LogP contribution in [0.2, 0.25) is 5.02 Å². The quantitative estimate of drug-likeness (QED) is 0.499. The minimum Gasteiger partial charge on any atom is -0.455 e. The molecule has 28 heavy (non-hydrogen) atoms. The van der Waals surface area contributed by atoms with E-state index in [1.54, 1.807) is 28.9 Å². The maximum atomic E-state index is 9.43. The number of hydrogen-bond donors (Lipinski definition) is 0. The van der Waals surface area contributed by atoms with E-state index in [2.05, 4.69) is 10.3 Å². The Morgan fingerprint density at radius 3 is 2.50 bits per heavy atom. The molecule has 0 bridgehead atoms.